The Morgan fingerprint density at radius 2 is 2.14 bits per heavy atom. The number of aliphatic imine (C=N–C) groups is 1. The predicted octanol–water partition coefficient (Wildman–Crippen LogP) is 0.707. The number of ether oxygens (including phenoxy) is 1. The zero-order chi connectivity index (χ0) is 20.4. The molecule has 6 N–H and O–H groups in total. The lowest BCUT2D eigenvalue weighted by molar-refractivity contribution is 0.112. The number of anilines is 1. The van der Waals surface area contributed by atoms with E-state index in [1.807, 2.05) is 0 Å². The van der Waals surface area contributed by atoms with E-state index in [9.17, 15) is 4.79 Å². The normalized spacial score (nSPS) is 20.5. The van der Waals surface area contributed by atoms with Gasteiger partial charge in [-0.1, -0.05) is 12.8 Å². The van der Waals surface area contributed by atoms with Crippen LogP contribution in [0.4, 0.5) is 5.95 Å². The third kappa shape index (κ3) is 5.82. The second-order valence-electron chi connectivity index (χ2n) is 6.75. The highest BCUT2D eigenvalue weighted by Crippen LogP contribution is 2.23. The summed E-state index contributed by atoms with van der Waals surface area (Å²) in [5.41, 5.74) is 14.0. The van der Waals surface area contributed by atoms with Gasteiger partial charge in [0.2, 0.25) is 5.95 Å². The first-order valence-corrected chi connectivity index (χ1v) is 9.58. The highest BCUT2D eigenvalue weighted by Gasteiger charge is 2.24. The van der Waals surface area contributed by atoms with Crippen LogP contribution in [-0.4, -0.2) is 61.9 Å². The molecule has 1 aromatic heterocycles. The van der Waals surface area contributed by atoms with Gasteiger partial charge in [-0.2, -0.15) is 0 Å². The zero-order valence-corrected chi connectivity index (χ0v) is 16.6. The Bertz CT molecular complexity index is 706. The molecule has 28 heavy (non-hydrogen) atoms. The predicted molar refractivity (Wildman–Crippen MR) is 111 cm³/mol. The number of carbonyl (C=O) groups is 1. The summed E-state index contributed by atoms with van der Waals surface area (Å²) in [6, 6.07) is 0.159. The monoisotopic (exact) mass is 389 g/mol. The summed E-state index contributed by atoms with van der Waals surface area (Å²) in [6.07, 6.45) is 7.95. The standard InChI is InChI=1S/C19H31N7O2/c1-22-11-17-14(12-27)18(13(9-20)10-23-7-8-28-2)26-19(25-17)24-16-6-4-3-5-15(16)21/h9-10,12,15-16,22H,3-8,11,20-21H2,1-2H3,(H,24,25,26). The molecule has 1 aliphatic carbocycles. The van der Waals surface area contributed by atoms with Gasteiger partial charge in [-0.3, -0.25) is 9.79 Å². The van der Waals surface area contributed by atoms with Crippen molar-refractivity contribution in [2.24, 2.45) is 16.5 Å². The molecule has 1 heterocycles. The number of hydrogen-bond donors (Lipinski definition) is 4. The van der Waals surface area contributed by atoms with Crippen LogP contribution in [0.3, 0.4) is 0 Å². The van der Waals surface area contributed by atoms with E-state index in [0.717, 1.165) is 32.0 Å². The molecule has 0 saturated heterocycles. The molecule has 0 aromatic carbocycles. The number of methoxy groups -OCH3 is 1. The molecular formula is C19H31N7O2. The Kier molecular flexibility index (Phi) is 8.99. The van der Waals surface area contributed by atoms with E-state index in [1.165, 1.54) is 6.20 Å². The molecule has 2 unspecified atom stereocenters. The topological polar surface area (TPSA) is 141 Å². The number of nitrogens with two attached hydrogens (primary N) is 2. The molecule has 0 aliphatic heterocycles. The molecule has 0 radical (unpaired) electrons. The van der Waals surface area contributed by atoms with Crippen LogP contribution < -0.4 is 22.1 Å². The van der Waals surface area contributed by atoms with Crippen LogP contribution >= 0.6 is 0 Å². The van der Waals surface area contributed by atoms with Crippen LogP contribution in [0.25, 0.3) is 5.57 Å². The fraction of sp³-hybridized carbons (Fsp3) is 0.579. The van der Waals surface area contributed by atoms with Crippen LogP contribution in [0, 0.1) is 0 Å². The number of nitrogens with zero attached hydrogens (tertiary/aromatic N) is 3. The summed E-state index contributed by atoms with van der Waals surface area (Å²) >= 11 is 0. The fourth-order valence-corrected chi connectivity index (χ4v) is 3.22. The van der Waals surface area contributed by atoms with Crippen molar-refractivity contribution in [1.29, 1.82) is 0 Å². The van der Waals surface area contributed by atoms with Gasteiger partial charge in [0, 0.05) is 43.7 Å². The van der Waals surface area contributed by atoms with E-state index < -0.39 is 0 Å². The summed E-state index contributed by atoms with van der Waals surface area (Å²) in [5.74, 6) is 0.442. The summed E-state index contributed by atoms with van der Waals surface area (Å²) in [4.78, 5) is 25.2. The first kappa shape index (κ1) is 21.9. The second-order valence-corrected chi connectivity index (χ2v) is 6.75. The van der Waals surface area contributed by atoms with Gasteiger partial charge >= 0.3 is 0 Å². The van der Waals surface area contributed by atoms with Crippen molar-refractivity contribution in [1.82, 2.24) is 15.3 Å². The molecule has 1 aliphatic rings. The molecule has 0 spiro atoms. The minimum atomic E-state index is 0.0550. The molecule has 9 nitrogen and oxygen atoms in total. The van der Waals surface area contributed by atoms with Crippen molar-refractivity contribution in [2.75, 3.05) is 32.6 Å². The average Bonchev–Trinajstić information content (AvgIpc) is 2.70. The van der Waals surface area contributed by atoms with Gasteiger partial charge in [0.1, 0.15) is 0 Å². The van der Waals surface area contributed by atoms with Gasteiger partial charge in [-0.25, -0.2) is 9.97 Å². The maximum Gasteiger partial charge on any atom is 0.223 e. The van der Waals surface area contributed by atoms with E-state index in [-0.39, 0.29) is 12.1 Å². The lowest BCUT2D eigenvalue weighted by Crippen LogP contribution is -2.43. The molecule has 1 saturated carbocycles. The number of carbonyl (C=O) groups excluding carboxylic acids is 1. The second kappa shape index (κ2) is 11.5. The third-order valence-electron chi connectivity index (χ3n) is 4.73. The van der Waals surface area contributed by atoms with Crippen molar-refractivity contribution >= 4 is 24.0 Å². The fourth-order valence-electron chi connectivity index (χ4n) is 3.22. The zero-order valence-electron chi connectivity index (χ0n) is 16.6. The van der Waals surface area contributed by atoms with E-state index in [4.69, 9.17) is 16.2 Å². The third-order valence-corrected chi connectivity index (χ3v) is 4.73. The minimum absolute atomic E-state index is 0.0550. The summed E-state index contributed by atoms with van der Waals surface area (Å²) in [7, 11) is 3.41. The van der Waals surface area contributed by atoms with Crippen LogP contribution in [0.2, 0.25) is 0 Å². The molecule has 1 fully saturated rings. The van der Waals surface area contributed by atoms with Gasteiger partial charge in [0.05, 0.1) is 30.1 Å². The lowest BCUT2D eigenvalue weighted by Gasteiger charge is -2.29. The average molecular weight is 390 g/mol. The van der Waals surface area contributed by atoms with Gasteiger partial charge in [-0.15, -0.1) is 0 Å². The highest BCUT2D eigenvalue weighted by atomic mass is 16.5. The summed E-state index contributed by atoms with van der Waals surface area (Å²) < 4.78 is 5.00. The Balaban J connectivity index is 2.39. The number of allylic oxidation sites excluding steroid dienone is 1. The Morgan fingerprint density at radius 3 is 2.79 bits per heavy atom. The number of rotatable bonds is 10. The molecule has 0 amide bonds. The van der Waals surface area contributed by atoms with Crippen molar-refractivity contribution in [3.63, 3.8) is 0 Å². The van der Waals surface area contributed by atoms with Gasteiger partial charge in [0.15, 0.2) is 6.29 Å². The largest absolute Gasteiger partial charge is 0.404 e. The highest BCUT2D eigenvalue weighted by molar-refractivity contribution is 6.11. The molecular weight excluding hydrogens is 358 g/mol. The number of aldehydes is 1. The molecule has 0 bridgehead atoms. The van der Waals surface area contributed by atoms with Gasteiger partial charge < -0.3 is 26.8 Å². The van der Waals surface area contributed by atoms with Crippen LogP contribution in [0.15, 0.2) is 11.2 Å². The smallest absolute Gasteiger partial charge is 0.223 e. The Labute approximate surface area is 166 Å². The van der Waals surface area contributed by atoms with Crippen molar-refractivity contribution in [3.05, 3.63) is 23.2 Å². The van der Waals surface area contributed by atoms with E-state index in [2.05, 4.69) is 25.6 Å². The van der Waals surface area contributed by atoms with E-state index in [1.54, 1.807) is 20.4 Å². The summed E-state index contributed by atoms with van der Waals surface area (Å²) in [5, 5.41) is 6.39. The molecule has 154 valence electrons. The van der Waals surface area contributed by atoms with Crippen LogP contribution in [-0.2, 0) is 11.3 Å². The number of aromatic nitrogens is 2. The maximum atomic E-state index is 11.8. The number of nitrogens with one attached hydrogen (secondary N) is 2. The quantitative estimate of drug-likeness (QED) is 0.260. The van der Waals surface area contributed by atoms with Crippen LogP contribution in [0.1, 0.15) is 47.4 Å². The molecule has 1 aromatic rings. The van der Waals surface area contributed by atoms with Gasteiger partial charge in [0.25, 0.3) is 0 Å². The van der Waals surface area contributed by atoms with E-state index >= 15 is 0 Å². The van der Waals surface area contributed by atoms with Gasteiger partial charge in [-0.05, 0) is 19.9 Å². The summed E-state index contributed by atoms with van der Waals surface area (Å²) in [6.45, 7) is 1.41. The minimum Gasteiger partial charge on any atom is -0.404 e. The lowest BCUT2D eigenvalue weighted by atomic mass is 9.91. The SMILES string of the molecule is CNCc1nc(NC2CCCCC2N)nc(C(C=NCCOC)=CN)c1C=O. The Morgan fingerprint density at radius 1 is 1.36 bits per heavy atom. The van der Waals surface area contributed by atoms with Crippen molar-refractivity contribution in [2.45, 2.75) is 44.3 Å². The Hall–Kier alpha value is -2.36. The maximum absolute atomic E-state index is 11.8. The first-order chi connectivity index (χ1) is 13.6. The number of hydrogen-bond acceptors (Lipinski definition) is 9. The van der Waals surface area contributed by atoms with Crippen LogP contribution in [0.5, 0.6) is 0 Å². The van der Waals surface area contributed by atoms with Crippen molar-refractivity contribution in [3.8, 4) is 0 Å². The molecule has 2 rings (SSSR count). The molecule has 9 heteroatoms. The molecule has 2 atom stereocenters. The van der Waals surface area contributed by atoms with Crippen molar-refractivity contribution < 1.29 is 9.53 Å². The van der Waals surface area contributed by atoms with E-state index in [0.29, 0.717) is 48.2 Å². The first-order valence-electron chi connectivity index (χ1n) is 9.58.